The van der Waals surface area contributed by atoms with E-state index < -0.39 is 10.0 Å². The van der Waals surface area contributed by atoms with Crippen molar-refractivity contribution in [2.45, 2.75) is 31.0 Å². The molecule has 0 amide bonds. The highest BCUT2D eigenvalue weighted by atomic mass is 32.2. The van der Waals surface area contributed by atoms with Crippen LogP contribution in [0.4, 0.5) is 0 Å². The van der Waals surface area contributed by atoms with Crippen molar-refractivity contribution in [2.75, 3.05) is 6.54 Å². The molecule has 0 saturated carbocycles. The fraction of sp³-hybridized carbons (Fsp3) is 0.455. The van der Waals surface area contributed by atoms with Crippen LogP contribution in [0.15, 0.2) is 36.0 Å². The number of imidazole rings is 1. The molecule has 0 spiro atoms. The summed E-state index contributed by atoms with van der Waals surface area (Å²) in [5.41, 5.74) is 5.40. The first kappa shape index (κ1) is 14.7. The van der Waals surface area contributed by atoms with Crippen molar-refractivity contribution in [2.24, 2.45) is 5.73 Å². The van der Waals surface area contributed by atoms with E-state index >= 15 is 0 Å². The number of rotatable bonds is 7. The summed E-state index contributed by atoms with van der Waals surface area (Å²) in [7, 11) is -3.57. The van der Waals surface area contributed by atoms with Gasteiger partial charge >= 0.3 is 0 Å². The molecule has 2 aromatic heterocycles. The van der Waals surface area contributed by atoms with Crippen molar-refractivity contribution >= 4 is 10.0 Å². The number of sulfonamides is 1. The summed E-state index contributed by atoms with van der Waals surface area (Å²) in [6.45, 7) is 3.20. The molecule has 0 radical (unpaired) electrons. The average Bonchev–Trinajstić information content (AvgIpc) is 3.00. The normalized spacial score (nSPS) is 13.5. The van der Waals surface area contributed by atoms with E-state index in [1.54, 1.807) is 25.6 Å². The monoisotopic (exact) mass is 298 g/mol. The van der Waals surface area contributed by atoms with Crippen LogP contribution in [0.3, 0.4) is 0 Å². The van der Waals surface area contributed by atoms with Gasteiger partial charge in [-0.1, -0.05) is 0 Å². The fourth-order valence-electron chi connectivity index (χ4n) is 1.82. The molecule has 0 aliphatic carbocycles. The van der Waals surface area contributed by atoms with E-state index in [0.29, 0.717) is 19.6 Å². The Morgan fingerprint density at radius 2 is 2.30 bits per heavy atom. The Kier molecular flexibility index (Phi) is 4.53. The average molecular weight is 298 g/mol. The van der Waals surface area contributed by atoms with Gasteiger partial charge in [0.25, 0.3) is 0 Å². The Morgan fingerprint density at radius 1 is 1.50 bits per heavy atom. The minimum Gasteiger partial charge on any atom is -0.336 e. The second-order valence-corrected chi connectivity index (χ2v) is 6.22. The Morgan fingerprint density at radius 3 is 2.95 bits per heavy atom. The predicted molar refractivity (Wildman–Crippen MR) is 73.3 cm³/mol. The number of nitrogens with zero attached hydrogens (tertiary/aromatic N) is 4. The molecule has 0 fully saturated rings. The fourth-order valence-corrected chi connectivity index (χ4v) is 3.01. The molecule has 2 rings (SSSR count). The first-order chi connectivity index (χ1) is 9.51. The lowest BCUT2D eigenvalue weighted by molar-refractivity contribution is 0.520. The van der Waals surface area contributed by atoms with E-state index in [0.717, 1.165) is 0 Å². The second kappa shape index (κ2) is 6.16. The molecular weight excluding hydrogens is 280 g/mol. The number of hydrogen-bond acceptors (Lipinski definition) is 5. The minimum atomic E-state index is -3.57. The van der Waals surface area contributed by atoms with Gasteiger partial charge in [0.05, 0.1) is 19.1 Å². The molecule has 3 N–H and O–H groups in total. The zero-order chi connectivity index (χ0) is 14.6. The highest BCUT2D eigenvalue weighted by Gasteiger charge is 2.19. The summed E-state index contributed by atoms with van der Waals surface area (Å²) >= 11 is 0. The molecule has 0 saturated heterocycles. The van der Waals surface area contributed by atoms with Crippen LogP contribution in [-0.2, 0) is 23.1 Å². The van der Waals surface area contributed by atoms with Crippen LogP contribution in [0.5, 0.6) is 0 Å². The van der Waals surface area contributed by atoms with Gasteiger partial charge in [0.2, 0.25) is 10.0 Å². The van der Waals surface area contributed by atoms with E-state index in [1.165, 1.54) is 17.1 Å². The van der Waals surface area contributed by atoms with Crippen molar-refractivity contribution < 1.29 is 8.42 Å². The van der Waals surface area contributed by atoms with E-state index in [9.17, 15) is 8.42 Å². The molecule has 0 aliphatic heterocycles. The largest absolute Gasteiger partial charge is 0.336 e. The number of aromatic nitrogens is 4. The van der Waals surface area contributed by atoms with Gasteiger partial charge in [-0.15, -0.1) is 0 Å². The topological polar surface area (TPSA) is 108 Å². The summed E-state index contributed by atoms with van der Waals surface area (Å²) in [6.07, 6.45) is 7.87. The van der Waals surface area contributed by atoms with E-state index in [4.69, 9.17) is 5.73 Å². The van der Waals surface area contributed by atoms with Gasteiger partial charge in [-0.05, 0) is 6.92 Å². The maximum absolute atomic E-state index is 12.2. The van der Waals surface area contributed by atoms with Gasteiger partial charge in [0, 0.05) is 37.7 Å². The SMILES string of the molecule is CC(Cn1ccnc1)NS(=O)(=O)c1cnn(CCN)c1. The lowest BCUT2D eigenvalue weighted by Gasteiger charge is -2.13. The van der Waals surface area contributed by atoms with Gasteiger partial charge < -0.3 is 10.3 Å². The molecule has 20 heavy (non-hydrogen) atoms. The molecule has 110 valence electrons. The van der Waals surface area contributed by atoms with Crippen LogP contribution < -0.4 is 10.5 Å². The molecule has 2 aromatic rings. The van der Waals surface area contributed by atoms with E-state index in [2.05, 4.69) is 14.8 Å². The lowest BCUT2D eigenvalue weighted by atomic mass is 10.4. The number of nitrogens with one attached hydrogen (secondary N) is 1. The molecular formula is C11H18N6O2S. The molecule has 9 heteroatoms. The van der Waals surface area contributed by atoms with Crippen molar-refractivity contribution in [1.29, 1.82) is 0 Å². The summed E-state index contributed by atoms with van der Waals surface area (Å²) in [4.78, 5) is 4.06. The molecule has 0 aromatic carbocycles. The predicted octanol–water partition coefficient (Wildman–Crippen LogP) is -0.595. The van der Waals surface area contributed by atoms with Crippen molar-refractivity contribution in [3.63, 3.8) is 0 Å². The zero-order valence-electron chi connectivity index (χ0n) is 11.2. The molecule has 1 atom stereocenters. The highest BCUT2D eigenvalue weighted by Crippen LogP contribution is 2.08. The Balaban J connectivity index is 2.02. The lowest BCUT2D eigenvalue weighted by Crippen LogP contribution is -2.35. The van der Waals surface area contributed by atoms with Crippen LogP contribution in [-0.4, -0.2) is 40.3 Å². The summed E-state index contributed by atoms with van der Waals surface area (Å²) in [5.74, 6) is 0. The molecule has 1 unspecified atom stereocenters. The van der Waals surface area contributed by atoms with Crippen LogP contribution in [0, 0.1) is 0 Å². The summed E-state index contributed by atoms with van der Waals surface area (Å²) in [6, 6.07) is -0.257. The molecule has 2 heterocycles. The van der Waals surface area contributed by atoms with Crippen molar-refractivity contribution in [1.82, 2.24) is 24.1 Å². The molecule has 0 bridgehead atoms. The van der Waals surface area contributed by atoms with Gasteiger partial charge in [-0.3, -0.25) is 4.68 Å². The maximum atomic E-state index is 12.2. The van der Waals surface area contributed by atoms with Crippen LogP contribution in [0.1, 0.15) is 6.92 Å². The second-order valence-electron chi connectivity index (χ2n) is 4.51. The van der Waals surface area contributed by atoms with Crippen LogP contribution in [0.2, 0.25) is 0 Å². The quantitative estimate of drug-likeness (QED) is 0.710. The van der Waals surface area contributed by atoms with Crippen LogP contribution >= 0.6 is 0 Å². The first-order valence-electron chi connectivity index (χ1n) is 6.22. The third-order valence-corrected chi connectivity index (χ3v) is 4.22. The number of hydrogen-bond donors (Lipinski definition) is 2. The Labute approximate surface area is 117 Å². The van der Waals surface area contributed by atoms with Gasteiger partial charge in [-0.25, -0.2) is 18.1 Å². The van der Waals surface area contributed by atoms with Crippen molar-refractivity contribution in [3.05, 3.63) is 31.1 Å². The summed E-state index contributed by atoms with van der Waals surface area (Å²) < 4.78 is 30.3. The molecule has 8 nitrogen and oxygen atoms in total. The van der Waals surface area contributed by atoms with Gasteiger partial charge in [0.15, 0.2) is 0 Å². The first-order valence-corrected chi connectivity index (χ1v) is 7.70. The third kappa shape index (κ3) is 3.65. The highest BCUT2D eigenvalue weighted by molar-refractivity contribution is 7.89. The van der Waals surface area contributed by atoms with E-state index in [1.807, 2.05) is 4.57 Å². The maximum Gasteiger partial charge on any atom is 0.243 e. The van der Waals surface area contributed by atoms with Crippen LogP contribution in [0.25, 0.3) is 0 Å². The molecule has 0 aliphatic rings. The Hall–Kier alpha value is -1.71. The Bertz CT molecular complexity index is 634. The van der Waals surface area contributed by atoms with Gasteiger partial charge in [-0.2, -0.15) is 5.10 Å². The van der Waals surface area contributed by atoms with E-state index in [-0.39, 0.29) is 10.9 Å². The smallest absolute Gasteiger partial charge is 0.243 e. The summed E-state index contributed by atoms with van der Waals surface area (Å²) in [5, 5.41) is 3.96. The van der Waals surface area contributed by atoms with Crippen molar-refractivity contribution in [3.8, 4) is 0 Å². The standard InChI is InChI=1S/C11H18N6O2S/c1-10(7-16-5-3-13-9-16)15-20(18,19)11-6-14-17(8-11)4-2-12/h3,5-6,8-10,15H,2,4,7,12H2,1H3. The minimum absolute atomic E-state index is 0.142. The number of nitrogens with two attached hydrogens (primary N) is 1. The van der Waals surface area contributed by atoms with Gasteiger partial charge in [0.1, 0.15) is 4.90 Å². The zero-order valence-corrected chi connectivity index (χ0v) is 12.0. The third-order valence-electron chi connectivity index (χ3n) is 2.68.